The molecule has 0 bridgehead atoms. The number of hydrogen-bond donors (Lipinski definition) is 1. The topological polar surface area (TPSA) is 35.6 Å². The Kier molecular flexibility index (Phi) is 6.67. The van der Waals surface area contributed by atoms with Crippen LogP contribution in [0.15, 0.2) is 24.3 Å². The third kappa shape index (κ3) is 4.73. The average molecular weight is 332 g/mol. The summed E-state index contributed by atoms with van der Waals surface area (Å²) in [5.74, 6) is 0.841. The van der Waals surface area contributed by atoms with Gasteiger partial charge in [-0.15, -0.1) is 0 Å². The van der Waals surface area contributed by atoms with Crippen molar-refractivity contribution in [1.29, 1.82) is 0 Å². The number of hydrogen-bond acceptors (Lipinski definition) is 3. The highest BCUT2D eigenvalue weighted by Gasteiger charge is 2.28. The van der Waals surface area contributed by atoms with Gasteiger partial charge < -0.3 is 15.1 Å². The highest BCUT2D eigenvalue weighted by Crippen LogP contribution is 2.24. The minimum atomic E-state index is 0.207. The lowest BCUT2D eigenvalue weighted by Crippen LogP contribution is -2.48. The molecule has 1 N–H and O–H groups in total. The molecule has 2 rings (SSSR count). The molecular weight excluding hydrogens is 298 g/mol. The summed E-state index contributed by atoms with van der Waals surface area (Å²) in [4.78, 5) is 16.5. The van der Waals surface area contributed by atoms with Crippen molar-refractivity contribution < 1.29 is 4.79 Å². The first-order valence-corrected chi connectivity index (χ1v) is 9.28. The Hall–Kier alpha value is -1.55. The Balaban J connectivity index is 1.93. The average Bonchev–Trinajstić information content (AvgIpc) is 2.55. The maximum Gasteiger partial charge on any atom is 0.226 e. The van der Waals surface area contributed by atoms with Crippen LogP contribution >= 0.6 is 0 Å². The number of anilines is 1. The second-order valence-electron chi connectivity index (χ2n) is 7.19. The van der Waals surface area contributed by atoms with Crippen molar-refractivity contribution in [3.63, 3.8) is 0 Å². The Morgan fingerprint density at radius 1 is 1.21 bits per heavy atom. The van der Waals surface area contributed by atoms with Gasteiger partial charge in [0.25, 0.3) is 0 Å². The van der Waals surface area contributed by atoms with Crippen LogP contribution in [0.25, 0.3) is 0 Å². The monoisotopic (exact) mass is 331 g/mol. The molecular formula is C20H33N3O. The minimum Gasteiger partial charge on any atom is -0.382 e. The van der Waals surface area contributed by atoms with Gasteiger partial charge in [-0.1, -0.05) is 19.1 Å². The Morgan fingerprint density at radius 3 is 2.42 bits per heavy atom. The zero-order valence-corrected chi connectivity index (χ0v) is 15.9. The lowest BCUT2D eigenvalue weighted by atomic mass is 9.89. The zero-order chi connectivity index (χ0) is 17.7. The normalized spacial score (nSPS) is 24.6. The van der Waals surface area contributed by atoms with Crippen molar-refractivity contribution in [3.05, 3.63) is 29.8 Å². The Morgan fingerprint density at radius 2 is 1.83 bits per heavy atom. The number of benzene rings is 1. The molecule has 1 saturated heterocycles. The Bertz CT molecular complexity index is 524. The molecule has 24 heavy (non-hydrogen) atoms. The molecule has 1 amide bonds. The summed E-state index contributed by atoms with van der Waals surface area (Å²) < 4.78 is 0. The number of rotatable bonds is 6. The van der Waals surface area contributed by atoms with Gasteiger partial charge in [0.05, 0.1) is 6.42 Å². The third-order valence-electron chi connectivity index (χ3n) is 5.39. The SMILES string of the molecule is CCN(CC)C(=O)Cc1ccc(N[C@@H]2C[C@H](C)N(C)C[C@@H]2C)cc1. The lowest BCUT2D eigenvalue weighted by Gasteiger charge is -2.40. The van der Waals surface area contributed by atoms with E-state index in [9.17, 15) is 4.79 Å². The molecule has 0 unspecified atom stereocenters. The summed E-state index contributed by atoms with van der Waals surface area (Å²) in [5, 5.41) is 3.69. The van der Waals surface area contributed by atoms with Gasteiger partial charge in [-0.05, 0) is 57.9 Å². The van der Waals surface area contributed by atoms with Crippen LogP contribution in [0.1, 0.15) is 39.7 Å². The van der Waals surface area contributed by atoms with Crippen LogP contribution in [0.5, 0.6) is 0 Å². The summed E-state index contributed by atoms with van der Waals surface area (Å²) in [6.07, 6.45) is 1.66. The van der Waals surface area contributed by atoms with E-state index < -0.39 is 0 Å². The van der Waals surface area contributed by atoms with E-state index in [0.717, 1.165) is 30.9 Å². The molecule has 4 nitrogen and oxygen atoms in total. The van der Waals surface area contributed by atoms with Crippen LogP contribution in [-0.2, 0) is 11.2 Å². The van der Waals surface area contributed by atoms with Gasteiger partial charge >= 0.3 is 0 Å². The second kappa shape index (κ2) is 8.52. The van der Waals surface area contributed by atoms with E-state index in [-0.39, 0.29) is 5.91 Å². The van der Waals surface area contributed by atoms with Crippen molar-refractivity contribution in [2.45, 2.75) is 52.6 Å². The molecule has 0 aliphatic carbocycles. The fourth-order valence-corrected chi connectivity index (χ4v) is 3.54. The first-order chi connectivity index (χ1) is 11.4. The highest BCUT2D eigenvalue weighted by molar-refractivity contribution is 5.78. The highest BCUT2D eigenvalue weighted by atomic mass is 16.2. The van der Waals surface area contributed by atoms with E-state index in [2.05, 4.69) is 55.4 Å². The predicted molar refractivity (Wildman–Crippen MR) is 101 cm³/mol. The molecule has 1 aliphatic rings. The number of carbonyl (C=O) groups excluding carboxylic acids is 1. The molecule has 0 saturated carbocycles. The zero-order valence-electron chi connectivity index (χ0n) is 15.9. The predicted octanol–water partition coefficient (Wildman–Crippen LogP) is 3.24. The molecule has 0 aromatic heterocycles. The van der Waals surface area contributed by atoms with Crippen LogP contribution in [0.2, 0.25) is 0 Å². The summed E-state index contributed by atoms with van der Waals surface area (Å²) in [6, 6.07) is 9.50. The molecule has 1 aromatic rings. The van der Waals surface area contributed by atoms with Crippen molar-refractivity contribution >= 4 is 11.6 Å². The molecule has 1 aromatic carbocycles. The number of piperidine rings is 1. The fraction of sp³-hybridized carbons (Fsp3) is 0.650. The van der Waals surface area contributed by atoms with Gasteiger partial charge in [0.2, 0.25) is 5.91 Å². The molecule has 1 heterocycles. The van der Waals surface area contributed by atoms with Crippen LogP contribution in [-0.4, -0.2) is 54.5 Å². The van der Waals surface area contributed by atoms with Crippen LogP contribution in [0.4, 0.5) is 5.69 Å². The third-order valence-corrected chi connectivity index (χ3v) is 5.39. The first kappa shape index (κ1) is 18.8. The van der Waals surface area contributed by atoms with Gasteiger partial charge in [0.15, 0.2) is 0 Å². The number of nitrogens with zero attached hydrogens (tertiary/aromatic N) is 2. The molecule has 0 spiro atoms. The molecule has 4 heteroatoms. The quantitative estimate of drug-likeness (QED) is 0.869. The smallest absolute Gasteiger partial charge is 0.226 e. The van der Waals surface area contributed by atoms with Crippen molar-refractivity contribution in [3.8, 4) is 0 Å². The number of amides is 1. The summed E-state index contributed by atoms with van der Waals surface area (Å²) in [5.41, 5.74) is 2.24. The van der Waals surface area contributed by atoms with Gasteiger partial charge in [-0.2, -0.15) is 0 Å². The summed E-state index contributed by atoms with van der Waals surface area (Å²) in [6.45, 7) is 11.4. The maximum absolute atomic E-state index is 12.2. The van der Waals surface area contributed by atoms with E-state index >= 15 is 0 Å². The van der Waals surface area contributed by atoms with E-state index in [0.29, 0.717) is 24.4 Å². The maximum atomic E-state index is 12.2. The number of carbonyl (C=O) groups is 1. The van der Waals surface area contributed by atoms with E-state index in [1.54, 1.807) is 0 Å². The van der Waals surface area contributed by atoms with Gasteiger partial charge in [-0.3, -0.25) is 4.79 Å². The van der Waals surface area contributed by atoms with E-state index in [1.807, 2.05) is 18.7 Å². The number of likely N-dealkylation sites (tertiary alicyclic amines) is 1. The van der Waals surface area contributed by atoms with Crippen molar-refractivity contribution in [2.75, 3.05) is 32.0 Å². The summed E-state index contributed by atoms with van der Waals surface area (Å²) >= 11 is 0. The molecule has 134 valence electrons. The van der Waals surface area contributed by atoms with E-state index in [1.165, 1.54) is 6.42 Å². The van der Waals surface area contributed by atoms with Crippen LogP contribution in [0.3, 0.4) is 0 Å². The second-order valence-corrected chi connectivity index (χ2v) is 7.19. The molecule has 1 aliphatic heterocycles. The van der Waals surface area contributed by atoms with Gasteiger partial charge in [0.1, 0.15) is 0 Å². The molecule has 3 atom stereocenters. The standard InChI is InChI=1S/C20H33N3O/c1-6-23(7-2)20(24)13-17-8-10-18(11-9-17)21-19-12-16(4)22(5)14-15(19)3/h8-11,15-16,19,21H,6-7,12-14H2,1-5H3/t15-,16-,19+/m0/s1. The summed E-state index contributed by atoms with van der Waals surface area (Å²) in [7, 11) is 2.21. The number of nitrogens with one attached hydrogen (secondary N) is 1. The van der Waals surface area contributed by atoms with Gasteiger partial charge in [-0.25, -0.2) is 0 Å². The van der Waals surface area contributed by atoms with Crippen LogP contribution in [0, 0.1) is 5.92 Å². The number of likely N-dealkylation sites (N-methyl/N-ethyl adjacent to an activating group) is 1. The van der Waals surface area contributed by atoms with E-state index in [4.69, 9.17) is 0 Å². The molecule has 1 fully saturated rings. The first-order valence-electron chi connectivity index (χ1n) is 9.28. The van der Waals surface area contributed by atoms with Crippen molar-refractivity contribution in [1.82, 2.24) is 9.80 Å². The van der Waals surface area contributed by atoms with Gasteiger partial charge in [0, 0.05) is 37.4 Å². The van der Waals surface area contributed by atoms with Crippen LogP contribution < -0.4 is 5.32 Å². The molecule has 0 radical (unpaired) electrons. The largest absolute Gasteiger partial charge is 0.382 e. The fourth-order valence-electron chi connectivity index (χ4n) is 3.54. The minimum absolute atomic E-state index is 0.207. The lowest BCUT2D eigenvalue weighted by molar-refractivity contribution is -0.130. The Labute approximate surface area is 147 Å². The van der Waals surface area contributed by atoms with Crippen molar-refractivity contribution in [2.24, 2.45) is 5.92 Å².